The number of alkyl halides is 2. The van der Waals surface area contributed by atoms with Gasteiger partial charge in [-0.3, -0.25) is 5.32 Å². The molecule has 0 aliphatic carbocycles. The molecule has 2 rings (SSSR count). The van der Waals surface area contributed by atoms with Crippen molar-refractivity contribution in [3.8, 4) is 5.88 Å². The number of urea groups is 1. The van der Waals surface area contributed by atoms with Gasteiger partial charge in [0.05, 0.1) is 0 Å². The molecule has 0 saturated carbocycles. The number of carbonyl (C=O) groups excluding carboxylic acids is 1. The van der Waals surface area contributed by atoms with Gasteiger partial charge in [0, 0.05) is 18.0 Å². The number of amides is 2. The molecule has 2 N–H and O–H groups in total. The van der Waals surface area contributed by atoms with E-state index in [1.165, 1.54) is 31.3 Å². The number of nitrogens with one attached hydrogen (secondary N) is 2. The second-order valence-electron chi connectivity index (χ2n) is 4.28. The second-order valence-corrected chi connectivity index (χ2v) is 5.91. The smallest absolute Gasteiger partial charge is 0.388 e. The number of nitrogens with zero attached hydrogens (tertiary/aromatic N) is 3. The van der Waals surface area contributed by atoms with Crippen molar-refractivity contribution in [2.75, 3.05) is 5.32 Å². The van der Waals surface area contributed by atoms with Gasteiger partial charge in [-0.25, -0.2) is 19.5 Å². The Morgan fingerprint density at radius 2 is 2.04 bits per heavy atom. The minimum absolute atomic E-state index is 0.225. The van der Waals surface area contributed by atoms with Crippen molar-refractivity contribution in [3.63, 3.8) is 0 Å². The molecule has 0 atom stereocenters. The lowest BCUT2D eigenvalue weighted by Gasteiger charge is -2.09. The summed E-state index contributed by atoms with van der Waals surface area (Å²) in [6.45, 7) is -1.65. The number of anilines is 1. The standard InChI is InChI=1S/C12H11F2N5O4S/c1-7-6-8(23-10(13)14)17-11(16-7)18-12(20)19-24(21,22)9-4-2-3-5-15-9/h2-6,10H,1H3,(H2,16,17,18,19,20). The summed E-state index contributed by atoms with van der Waals surface area (Å²) in [4.78, 5) is 22.6. The summed E-state index contributed by atoms with van der Waals surface area (Å²) in [5.74, 6) is -0.875. The van der Waals surface area contributed by atoms with Gasteiger partial charge < -0.3 is 4.74 Å². The number of rotatable bonds is 5. The van der Waals surface area contributed by atoms with Crippen LogP contribution in [-0.4, -0.2) is 36.0 Å². The van der Waals surface area contributed by atoms with E-state index in [4.69, 9.17) is 0 Å². The Hall–Kier alpha value is -2.89. The van der Waals surface area contributed by atoms with Gasteiger partial charge in [0.1, 0.15) is 0 Å². The topological polar surface area (TPSA) is 123 Å². The molecule has 0 radical (unpaired) electrons. The first-order chi connectivity index (χ1) is 11.3. The van der Waals surface area contributed by atoms with Crippen LogP contribution in [0.2, 0.25) is 0 Å². The predicted octanol–water partition coefficient (Wildman–Crippen LogP) is 1.29. The molecule has 2 aromatic rings. The number of carbonyl (C=O) groups is 1. The maximum atomic E-state index is 12.2. The third-order valence-electron chi connectivity index (χ3n) is 2.41. The van der Waals surface area contributed by atoms with Crippen LogP contribution in [0.3, 0.4) is 0 Å². The van der Waals surface area contributed by atoms with E-state index < -0.39 is 34.5 Å². The van der Waals surface area contributed by atoms with Gasteiger partial charge in [0.25, 0.3) is 10.0 Å². The van der Waals surface area contributed by atoms with Gasteiger partial charge in [-0.2, -0.15) is 22.2 Å². The quantitative estimate of drug-likeness (QED) is 0.824. The van der Waals surface area contributed by atoms with Crippen LogP contribution in [0.4, 0.5) is 19.5 Å². The molecule has 0 bridgehead atoms. The number of aryl methyl sites for hydroxylation is 1. The Bertz CT molecular complexity index is 833. The number of pyridine rings is 1. The van der Waals surface area contributed by atoms with Crippen LogP contribution >= 0.6 is 0 Å². The molecule has 128 valence electrons. The zero-order valence-electron chi connectivity index (χ0n) is 12.1. The molecule has 2 aromatic heterocycles. The summed E-state index contributed by atoms with van der Waals surface area (Å²) in [5.41, 5.74) is 0.225. The zero-order chi connectivity index (χ0) is 17.7. The lowest BCUT2D eigenvalue weighted by molar-refractivity contribution is -0.0528. The van der Waals surface area contributed by atoms with Crippen LogP contribution in [-0.2, 0) is 10.0 Å². The van der Waals surface area contributed by atoms with Gasteiger partial charge >= 0.3 is 12.6 Å². The van der Waals surface area contributed by atoms with Crippen molar-refractivity contribution in [2.24, 2.45) is 0 Å². The van der Waals surface area contributed by atoms with E-state index in [9.17, 15) is 22.0 Å². The molecule has 2 amide bonds. The monoisotopic (exact) mass is 359 g/mol. The van der Waals surface area contributed by atoms with Gasteiger partial charge in [-0.15, -0.1) is 0 Å². The Morgan fingerprint density at radius 1 is 1.29 bits per heavy atom. The van der Waals surface area contributed by atoms with Gasteiger partial charge in [-0.05, 0) is 19.1 Å². The average molecular weight is 359 g/mol. The summed E-state index contributed by atoms with van der Waals surface area (Å²) in [6, 6.07) is 4.06. The number of hydrogen-bond acceptors (Lipinski definition) is 7. The van der Waals surface area contributed by atoms with Crippen LogP contribution < -0.4 is 14.8 Å². The Morgan fingerprint density at radius 3 is 2.67 bits per heavy atom. The van der Waals surface area contributed by atoms with Crippen LogP contribution in [0.1, 0.15) is 5.69 Å². The van der Waals surface area contributed by atoms with Crippen molar-refractivity contribution in [1.82, 2.24) is 19.7 Å². The molecule has 24 heavy (non-hydrogen) atoms. The van der Waals surface area contributed by atoms with E-state index in [0.29, 0.717) is 0 Å². The highest BCUT2D eigenvalue weighted by molar-refractivity contribution is 7.90. The highest BCUT2D eigenvalue weighted by Gasteiger charge is 2.19. The summed E-state index contributed by atoms with van der Waals surface area (Å²) < 4.78 is 54.0. The van der Waals surface area contributed by atoms with Crippen LogP contribution in [0.15, 0.2) is 35.5 Å². The highest BCUT2D eigenvalue weighted by atomic mass is 32.2. The molecule has 0 aromatic carbocycles. The van der Waals surface area contributed by atoms with Crippen molar-refractivity contribution >= 4 is 22.0 Å². The fraction of sp³-hybridized carbons (Fsp3) is 0.167. The minimum atomic E-state index is -4.20. The van der Waals surface area contributed by atoms with Crippen molar-refractivity contribution in [3.05, 3.63) is 36.2 Å². The highest BCUT2D eigenvalue weighted by Crippen LogP contribution is 2.14. The normalized spacial score (nSPS) is 11.2. The van der Waals surface area contributed by atoms with Crippen LogP contribution in [0, 0.1) is 6.92 Å². The van der Waals surface area contributed by atoms with Gasteiger partial charge in [0.15, 0.2) is 5.03 Å². The molecular weight excluding hydrogens is 348 g/mol. The molecule has 0 aliphatic heterocycles. The van der Waals surface area contributed by atoms with E-state index in [1.54, 1.807) is 4.72 Å². The number of halogens is 2. The van der Waals surface area contributed by atoms with Crippen LogP contribution in [0.25, 0.3) is 0 Å². The first kappa shape index (κ1) is 17.5. The Labute approximate surface area is 135 Å². The molecule has 9 nitrogen and oxygen atoms in total. The predicted molar refractivity (Wildman–Crippen MR) is 77.0 cm³/mol. The van der Waals surface area contributed by atoms with Gasteiger partial charge in [0.2, 0.25) is 11.8 Å². The zero-order valence-corrected chi connectivity index (χ0v) is 12.9. The number of ether oxygens (including phenoxy) is 1. The van der Waals surface area contributed by atoms with Crippen molar-refractivity contribution in [1.29, 1.82) is 0 Å². The van der Waals surface area contributed by atoms with E-state index in [1.807, 2.05) is 5.32 Å². The SMILES string of the molecule is Cc1cc(OC(F)F)nc(NC(=O)NS(=O)(=O)c2ccccn2)n1. The van der Waals surface area contributed by atoms with E-state index in [-0.39, 0.29) is 10.7 Å². The molecule has 0 spiro atoms. The second kappa shape index (κ2) is 7.12. The molecule has 0 aliphatic rings. The fourth-order valence-corrected chi connectivity index (χ4v) is 2.41. The molecular formula is C12H11F2N5O4S. The number of sulfonamides is 1. The largest absolute Gasteiger partial charge is 0.417 e. The third-order valence-corrected chi connectivity index (χ3v) is 3.65. The first-order valence-electron chi connectivity index (χ1n) is 6.31. The summed E-state index contributed by atoms with van der Waals surface area (Å²) in [5, 5.41) is 1.65. The molecule has 0 unspecified atom stereocenters. The molecule has 0 fully saturated rings. The van der Waals surface area contributed by atoms with Gasteiger partial charge in [-0.1, -0.05) is 6.07 Å². The van der Waals surface area contributed by atoms with E-state index >= 15 is 0 Å². The fourth-order valence-electron chi connectivity index (χ4n) is 1.55. The van der Waals surface area contributed by atoms with Crippen LogP contribution in [0.5, 0.6) is 5.88 Å². The lowest BCUT2D eigenvalue weighted by atomic mass is 10.4. The lowest BCUT2D eigenvalue weighted by Crippen LogP contribution is -2.35. The van der Waals surface area contributed by atoms with E-state index in [0.717, 1.165) is 6.07 Å². The summed E-state index contributed by atoms with van der Waals surface area (Å²) in [6.07, 6.45) is 1.24. The van der Waals surface area contributed by atoms with Crippen molar-refractivity contribution in [2.45, 2.75) is 18.6 Å². The third kappa shape index (κ3) is 4.81. The average Bonchev–Trinajstić information content (AvgIpc) is 2.46. The molecule has 12 heteroatoms. The molecule has 0 saturated heterocycles. The number of hydrogen-bond donors (Lipinski definition) is 2. The van der Waals surface area contributed by atoms with E-state index in [2.05, 4.69) is 19.7 Å². The maximum Gasteiger partial charge on any atom is 0.388 e. The maximum absolute atomic E-state index is 12.2. The first-order valence-corrected chi connectivity index (χ1v) is 7.80. The summed E-state index contributed by atoms with van der Waals surface area (Å²) in [7, 11) is -4.20. The number of aromatic nitrogens is 3. The Kier molecular flexibility index (Phi) is 5.18. The minimum Gasteiger partial charge on any atom is -0.417 e. The Balaban J connectivity index is 2.11. The van der Waals surface area contributed by atoms with Crippen molar-refractivity contribution < 1.29 is 26.7 Å². The summed E-state index contributed by atoms with van der Waals surface area (Å²) >= 11 is 0. The molecule has 2 heterocycles.